The first-order valence-corrected chi connectivity index (χ1v) is 9.67. The van der Waals surface area contributed by atoms with E-state index < -0.39 is 14.9 Å². The fourth-order valence-corrected chi connectivity index (χ4v) is 2.79. The SMILES string of the molecule is CC(C)(C)[Si](C)(C)Oc1c(Br)cccc1OC(F)F. The Bertz CT molecular complexity index is 445. The maximum atomic E-state index is 12.4. The summed E-state index contributed by atoms with van der Waals surface area (Å²) in [5.41, 5.74) is 0. The van der Waals surface area contributed by atoms with Gasteiger partial charge in [-0.25, -0.2) is 0 Å². The third kappa shape index (κ3) is 4.17. The largest absolute Gasteiger partial charge is 0.540 e. The van der Waals surface area contributed by atoms with Gasteiger partial charge in [0.2, 0.25) is 0 Å². The van der Waals surface area contributed by atoms with Crippen LogP contribution in [0.5, 0.6) is 11.5 Å². The van der Waals surface area contributed by atoms with Crippen molar-refractivity contribution in [2.45, 2.75) is 45.5 Å². The summed E-state index contributed by atoms with van der Waals surface area (Å²) in [7, 11) is -2.11. The molecule has 0 saturated carbocycles. The Hall–Kier alpha value is -0.623. The average Bonchev–Trinajstić information content (AvgIpc) is 2.20. The summed E-state index contributed by atoms with van der Waals surface area (Å²) >= 11 is 3.33. The molecule has 0 saturated heterocycles. The highest BCUT2D eigenvalue weighted by atomic mass is 79.9. The lowest BCUT2D eigenvalue weighted by Crippen LogP contribution is -2.44. The van der Waals surface area contributed by atoms with Gasteiger partial charge >= 0.3 is 6.61 Å². The van der Waals surface area contributed by atoms with Crippen molar-refractivity contribution in [3.05, 3.63) is 22.7 Å². The van der Waals surface area contributed by atoms with E-state index >= 15 is 0 Å². The minimum atomic E-state index is -2.86. The Labute approximate surface area is 122 Å². The van der Waals surface area contributed by atoms with Gasteiger partial charge in [-0.05, 0) is 46.2 Å². The minimum Gasteiger partial charge on any atom is -0.540 e. The Balaban J connectivity index is 3.13. The van der Waals surface area contributed by atoms with Gasteiger partial charge in [0.1, 0.15) is 0 Å². The first-order chi connectivity index (χ1) is 8.54. The van der Waals surface area contributed by atoms with Gasteiger partial charge < -0.3 is 9.16 Å². The summed E-state index contributed by atoms with van der Waals surface area (Å²) in [5.74, 6) is 0.420. The summed E-state index contributed by atoms with van der Waals surface area (Å²) in [6, 6.07) is 4.88. The molecule has 0 aliphatic heterocycles. The van der Waals surface area contributed by atoms with Gasteiger partial charge in [-0.2, -0.15) is 8.78 Å². The molecular weight excluding hydrogens is 334 g/mol. The molecule has 0 bridgehead atoms. The Morgan fingerprint density at radius 3 is 2.26 bits per heavy atom. The van der Waals surface area contributed by atoms with Gasteiger partial charge in [0.05, 0.1) is 4.47 Å². The molecule has 1 rings (SSSR count). The number of hydrogen-bond acceptors (Lipinski definition) is 2. The van der Waals surface area contributed by atoms with Crippen molar-refractivity contribution in [3.8, 4) is 11.5 Å². The van der Waals surface area contributed by atoms with Gasteiger partial charge in [0.25, 0.3) is 8.32 Å². The lowest BCUT2D eigenvalue weighted by atomic mass is 10.2. The maximum Gasteiger partial charge on any atom is 0.387 e. The van der Waals surface area contributed by atoms with Crippen molar-refractivity contribution in [2.24, 2.45) is 0 Å². The van der Waals surface area contributed by atoms with Gasteiger partial charge in [-0.15, -0.1) is 0 Å². The number of rotatable bonds is 4. The van der Waals surface area contributed by atoms with Crippen LogP contribution in [0.4, 0.5) is 8.78 Å². The second-order valence-electron chi connectivity index (χ2n) is 5.81. The standard InChI is InChI=1S/C13H19BrF2O2Si/c1-13(2,3)19(4,5)18-11-9(14)7-6-8-10(11)17-12(15)16/h6-8,12H,1-5H3. The number of ether oxygens (including phenoxy) is 1. The molecule has 0 aliphatic carbocycles. The van der Waals surface area contributed by atoms with E-state index in [0.717, 1.165) is 0 Å². The number of alkyl halides is 2. The molecule has 1 aromatic carbocycles. The highest BCUT2D eigenvalue weighted by molar-refractivity contribution is 9.10. The van der Waals surface area contributed by atoms with Crippen LogP contribution < -0.4 is 9.16 Å². The van der Waals surface area contributed by atoms with Crippen molar-refractivity contribution < 1.29 is 17.9 Å². The van der Waals surface area contributed by atoms with Crippen LogP contribution in [0.1, 0.15) is 20.8 Å². The number of halogens is 3. The van der Waals surface area contributed by atoms with E-state index in [9.17, 15) is 8.78 Å². The van der Waals surface area contributed by atoms with Crippen LogP contribution in [0.3, 0.4) is 0 Å². The fraction of sp³-hybridized carbons (Fsp3) is 0.538. The normalized spacial score (nSPS) is 12.7. The molecular formula is C13H19BrF2O2Si. The van der Waals surface area contributed by atoms with E-state index in [1.54, 1.807) is 12.1 Å². The highest BCUT2D eigenvalue weighted by Gasteiger charge is 2.40. The van der Waals surface area contributed by atoms with Crippen LogP contribution in [0.15, 0.2) is 22.7 Å². The molecule has 0 N–H and O–H groups in total. The van der Waals surface area contributed by atoms with Crippen LogP contribution in [0, 0.1) is 0 Å². The molecule has 0 amide bonds. The topological polar surface area (TPSA) is 18.5 Å². The number of benzene rings is 1. The van der Waals surface area contributed by atoms with Gasteiger partial charge in [-0.1, -0.05) is 26.8 Å². The smallest absolute Gasteiger partial charge is 0.387 e. The van der Waals surface area contributed by atoms with Crippen molar-refractivity contribution in [1.29, 1.82) is 0 Å². The van der Waals surface area contributed by atoms with Gasteiger partial charge in [-0.3, -0.25) is 0 Å². The summed E-state index contributed by atoms with van der Waals surface area (Å²) < 4.78 is 36.0. The van der Waals surface area contributed by atoms with Crippen molar-refractivity contribution in [3.63, 3.8) is 0 Å². The van der Waals surface area contributed by atoms with Gasteiger partial charge in [0.15, 0.2) is 11.5 Å². The van der Waals surface area contributed by atoms with Crippen LogP contribution >= 0.6 is 15.9 Å². The fourth-order valence-electron chi connectivity index (χ4n) is 1.19. The Morgan fingerprint density at radius 2 is 1.79 bits per heavy atom. The van der Waals surface area contributed by atoms with Crippen LogP contribution in [-0.4, -0.2) is 14.9 Å². The molecule has 0 unspecified atom stereocenters. The molecule has 0 heterocycles. The molecule has 0 aromatic heterocycles. The van der Waals surface area contributed by atoms with E-state index in [2.05, 4.69) is 54.5 Å². The summed E-state index contributed by atoms with van der Waals surface area (Å²) in [6.45, 7) is 7.50. The predicted molar refractivity (Wildman–Crippen MR) is 78.6 cm³/mol. The molecule has 0 aliphatic rings. The third-order valence-electron chi connectivity index (χ3n) is 3.31. The first-order valence-electron chi connectivity index (χ1n) is 5.97. The minimum absolute atomic E-state index is 0.0234. The molecule has 19 heavy (non-hydrogen) atoms. The van der Waals surface area contributed by atoms with Gasteiger partial charge in [0, 0.05) is 0 Å². The van der Waals surface area contributed by atoms with Crippen LogP contribution in [-0.2, 0) is 0 Å². The van der Waals surface area contributed by atoms with E-state index in [1.807, 2.05) is 0 Å². The lowest BCUT2D eigenvalue weighted by Gasteiger charge is -2.37. The first kappa shape index (κ1) is 16.4. The summed E-state index contributed by atoms with van der Waals surface area (Å²) in [4.78, 5) is 0. The maximum absolute atomic E-state index is 12.4. The molecule has 2 nitrogen and oxygen atoms in total. The monoisotopic (exact) mass is 352 g/mol. The predicted octanol–water partition coefficient (Wildman–Crippen LogP) is 5.43. The van der Waals surface area contributed by atoms with Crippen molar-refractivity contribution >= 4 is 24.2 Å². The average molecular weight is 353 g/mol. The molecule has 0 fully saturated rings. The number of para-hydroxylation sites is 1. The zero-order chi connectivity index (χ0) is 14.8. The van der Waals surface area contributed by atoms with E-state index in [1.165, 1.54) is 6.07 Å². The second kappa shape index (κ2) is 5.79. The summed E-state index contributed by atoms with van der Waals surface area (Å²) in [5, 5.41) is -0.0234. The Kier molecular flexibility index (Phi) is 5.01. The lowest BCUT2D eigenvalue weighted by molar-refractivity contribution is -0.0509. The molecule has 0 spiro atoms. The van der Waals surface area contributed by atoms with Crippen molar-refractivity contribution in [2.75, 3.05) is 0 Å². The zero-order valence-electron chi connectivity index (χ0n) is 11.8. The van der Waals surface area contributed by atoms with Crippen molar-refractivity contribution in [1.82, 2.24) is 0 Å². The third-order valence-corrected chi connectivity index (χ3v) is 8.26. The summed E-state index contributed by atoms with van der Waals surface area (Å²) in [6.07, 6.45) is 0. The highest BCUT2D eigenvalue weighted by Crippen LogP contribution is 2.43. The molecule has 0 atom stereocenters. The Morgan fingerprint density at radius 1 is 1.21 bits per heavy atom. The zero-order valence-corrected chi connectivity index (χ0v) is 14.3. The van der Waals surface area contributed by atoms with Crippen LogP contribution in [0.25, 0.3) is 0 Å². The van der Waals surface area contributed by atoms with E-state index in [-0.39, 0.29) is 10.8 Å². The molecule has 6 heteroatoms. The van der Waals surface area contributed by atoms with E-state index in [0.29, 0.717) is 10.2 Å². The quantitative estimate of drug-likeness (QED) is 0.672. The molecule has 108 valence electrons. The van der Waals surface area contributed by atoms with Crippen LogP contribution in [0.2, 0.25) is 18.1 Å². The molecule has 0 radical (unpaired) electrons. The molecule has 1 aromatic rings. The number of hydrogen-bond donors (Lipinski definition) is 0. The van der Waals surface area contributed by atoms with E-state index in [4.69, 9.17) is 4.43 Å². The second-order valence-corrected chi connectivity index (χ2v) is 11.4.